The van der Waals surface area contributed by atoms with Crippen molar-refractivity contribution < 1.29 is 0 Å². The highest BCUT2D eigenvalue weighted by Gasteiger charge is 2.18. The predicted octanol–water partition coefficient (Wildman–Crippen LogP) is 0.211. The zero-order valence-corrected chi connectivity index (χ0v) is 4.93. The first kappa shape index (κ1) is 5.63. The minimum atomic E-state index is 0.797. The summed E-state index contributed by atoms with van der Waals surface area (Å²) in [6.45, 7) is 0.932. The van der Waals surface area contributed by atoms with Gasteiger partial charge in [0.25, 0.3) is 0 Å². The number of nitrogens with two attached hydrogens (primary N) is 1. The van der Waals surface area contributed by atoms with E-state index < -0.39 is 0 Å². The SMILES string of the molecule is NC=CCNC1CC1. The Balaban J connectivity index is 1.88. The lowest BCUT2D eigenvalue weighted by atomic mass is 10.5. The summed E-state index contributed by atoms with van der Waals surface area (Å²) in [5.41, 5.74) is 5.11. The van der Waals surface area contributed by atoms with Gasteiger partial charge in [0, 0.05) is 12.6 Å². The van der Waals surface area contributed by atoms with Crippen molar-refractivity contribution >= 4 is 0 Å². The smallest absolute Gasteiger partial charge is 0.0154 e. The summed E-state index contributed by atoms with van der Waals surface area (Å²) >= 11 is 0. The molecule has 1 saturated carbocycles. The minimum absolute atomic E-state index is 0.797. The molecule has 0 atom stereocenters. The Labute approximate surface area is 49.8 Å². The van der Waals surface area contributed by atoms with E-state index in [4.69, 9.17) is 5.73 Å². The molecule has 0 bridgehead atoms. The van der Waals surface area contributed by atoms with Gasteiger partial charge in [0.2, 0.25) is 0 Å². The van der Waals surface area contributed by atoms with Crippen LogP contribution in [0.1, 0.15) is 12.8 Å². The Bertz CT molecular complexity index is 84.5. The third-order valence-corrected chi connectivity index (χ3v) is 1.24. The van der Waals surface area contributed by atoms with E-state index in [9.17, 15) is 0 Å². The van der Waals surface area contributed by atoms with E-state index in [1.807, 2.05) is 6.08 Å². The molecule has 0 saturated heterocycles. The van der Waals surface area contributed by atoms with Crippen molar-refractivity contribution in [2.75, 3.05) is 6.54 Å². The Hall–Kier alpha value is -0.500. The molecular formula is C6H12N2. The van der Waals surface area contributed by atoms with E-state index in [0.29, 0.717) is 0 Å². The summed E-state index contributed by atoms with van der Waals surface area (Å²) in [5.74, 6) is 0. The molecule has 2 nitrogen and oxygen atoms in total. The molecule has 0 spiro atoms. The van der Waals surface area contributed by atoms with Crippen molar-refractivity contribution in [3.8, 4) is 0 Å². The maximum atomic E-state index is 5.11. The first-order valence-corrected chi connectivity index (χ1v) is 3.03. The maximum absolute atomic E-state index is 5.11. The van der Waals surface area contributed by atoms with E-state index in [-0.39, 0.29) is 0 Å². The Morgan fingerprint density at radius 1 is 1.62 bits per heavy atom. The van der Waals surface area contributed by atoms with Gasteiger partial charge < -0.3 is 11.1 Å². The highest BCUT2D eigenvalue weighted by molar-refractivity contribution is 4.86. The highest BCUT2D eigenvalue weighted by atomic mass is 14.9. The van der Waals surface area contributed by atoms with Gasteiger partial charge in [-0.2, -0.15) is 0 Å². The fourth-order valence-corrected chi connectivity index (χ4v) is 0.590. The van der Waals surface area contributed by atoms with Crippen LogP contribution in [-0.4, -0.2) is 12.6 Å². The van der Waals surface area contributed by atoms with Crippen molar-refractivity contribution in [1.29, 1.82) is 0 Å². The molecule has 0 aliphatic heterocycles. The van der Waals surface area contributed by atoms with Gasteiger partial charge in [0.05, 0.1) is 0 Å². The van der Waals surface area contributed by atoms with Crippen LogP contribution in [0.15, 0.2) is 12.3 Å². The van der Waals surface area contributed by atoms with Gasteiger partial charge in [-0.15, -0.1) is 0 Å². The van der Waals surface area contributed by atoms with Gasteiger partial charge in [-0.25, -0.2) is 0 Å². The van der Waals surface area contributed by atoms with Crippen LogP contribution in [0.25, 0.3) is 0 Å². The molecule has 3 N–H and O–H groups in total. The molecule has 0 aromatic carbocycles. The maximum Gasteiger partial charge on any atom is 0.0154 e. The van der Waals surface area contributed by atoms with Gasteiger partial charge in [0.15, 0.2) is 0 Å². The zero-order chi connectivity index (χ0) is 5.82. The highest BCUT2D eigenvalue weighted by Crippen LogP contribution is 2.17. The molecular weight excluding hydrogens is 100 g/mol. The second kappa shape index (κ2) is 2.72. The molecule has 0 unspecified atom stereocenters. The fourth-order valence-electron chi connectivity index (χ4n) is 0.590. The molecule has 0 aromatic heterocycles. The molecule has 8 heavy (non-hydrogen) atoms. The van der Waals surface area contributed by atoms with Crippen LogP contribution in [-0.2, 0) is 0 Å². The quantitative estimate of drug-likeness (QED) is 0.547. The zero-order valence-electron chi connectivity index (χ0n) is 4.93. The lowest BCUT2D eigenvalue weighted by molar-refractivity contribution is 0.752. The molecule has 2 heteroatoms. The van der Waals surface area contributed by atoms with Crippen LogP contribution in [0.2, 0.25) is 0 Å². The summed E-state index contributed by atoms with van der Waals surface area (Å²) in [4.78, 5) is 0. The molecule has 1 aliphatic carbocycles. The van der Waals surface area contributed by atoms with Crippen molar-refractivity contribution in [1.82, 2.24) is 5.32 Å². The average Bonchev–Trinajstić information content (AvgIpc) is 2.51. The molecule has 0 aromatic rings. The van der Waals surface area contributed by atoms with Gasteiger partial charge in [-0.3, -0.25) is 0 Å². The van der Waals surface area contributed by atoms with Gasteiger partial charge in [0.1, 0.15) is 0 Å². The van der Waals surface area contributed by atoms with Crippen LogP contribution in [0.5, 0.6) is 0 Å². The summed E-state index contributed by atoms with van der Waals surface area (Å²) in [7, 11) is 0. The summed E-state index contributed by atoms with van der Waals surface area (Å²) in [6, 6.07) is 0.797. The second-order valence-corrected chi connectivity index (χ2v) is 2.11. The predicted molar refractivity (Wildman–Crippen MR) is 34.4 cm³/mol. The van der Waals surface area contributed by atoms with Gasteiger partial charge in [-0.05, 0) is 19.0 Å². The molecule has 1 rings (SSSR count). The lowest BCUT2D eigenvalue weighted by Crippen LogP contribution is -2.15. The van der Waals surface area contributed by atoms with Crippen LogP contribution < -0.4 is 11.1 Å². The van der Waals surface area contributed by atoms with Crippen molar-refractivity contribution in [2.24, 2.45) is 5.73 Å². The summed E-state index contributed by atoms with van der Waals surface area (Å²) in [5, 5.41) is 3.29. The first-order chi connectivity index (χ1) is 3.93. The van der Waals surface area contributed by atoms with Crippen molar-refractivity contribution in [3.63, 3.8) is 0 Å². The monoisotopic (exact) mass is 112 g/mol. The van der Waals surface area contributed by atoms with Crippen LogP contribution >= 0.6 is 0 Å². The van der Waals surface area contributed by atoms with E-state index in [1.165, 1.54) is 12.8 Å². The number of hydrogen-bond donors (Lipinski definition) is 2. The molecule has 46 valence electrons. The van der Waals surface area contributed by atoms with Crippen LogP contribution in [0, 0.1) is 0 Å². The number of rotatable bonds is 3. The normalized spacial score (nSPS) is 20.0. The second-order valence-electron chi connectivity index (χ2n) is 2.11. The summed E-state index contributed by atoms with van der Waals surface area (Å²) < 4.78 is 0. The molecule has 0 heterocycles. The number of nitrogens with one attached hydrogen (secondary N) is 1. The minimum Gasteiger partial charge on any atom is -0.405 e. The third kappa shape index (κ3) is 1.98. The Morgan fingerprint density at radius 2 is 2.38 bits per heavy atom. The topological polar surface area (TPSA) is 38.0 Å². The summed E-state index contributed by atoms with van der Waals surface area (Å²) in [6.07, 6.45) is 6.20. The molecule has 1 aliphatic rings. The Kier molecular flexibility index (Phi) is 1.92. The third-order valence-electron chi connectivity index (χ3n) is 1.24. The van der Waals surface area contributed by atoms with Gasteiger partial charge >= 0.3 is 0 Å². The van der Waals surface area contributed by atoms with Crippen molar-refractivity contribution in [2.45, 2.75) is 18.9 Å². The molecule has 0 radical (unpaired) electrons. The van der Waals surface area contributed by atoms with Crippen molar-refractivity contribution in [3.05, 3.63) is 12.3 Å². The fraction of sp³-hybridized carbons (Fsp3) is 0.667. The average molecular weight is 112 g/mol. The lowest BCUT2D eigenvalue weighted by Gasteiger charge is -1.92. The largest absolute Gasteiger partial charge is 0.405 e. The van der Waals surface area contributed by atoms with E-state index in [1.54, 1.807) is 6.20 Å². The van der Waals surface area contributed by atoms with Gasteiger partial charge in [-0.1, -0.05) is 6.08 Å². The van der Waals surface area contributed by atoms with E-state index in [2.05, 4.69) is 5.32 Å². The van der Waals surface area contributed by atoms with E-state index >= 15 is 0 Å². The Morgan fingerprint density at radius 3 is 2.88 bits per heavy atom. The first-order valence-electron chi connectivity index (χ1n) is 3.03. The molecule has 0 amide bonds. The number of hydrogen-bond acceptors (Lipinski definition) is 2. The molecule has 1 fully saturated rings. The van der Waals surface area contributed by atoms with Crippen LogP contribution in [0.3, 0.4) is 0 Å². The van der Waals surface area contributed by atoms with Crippen LogP contribution in [0.4, 0.5) is 0 Å². The standard InChI is InChI=1S/C6H12N2/c7-4-1-5-8-6-2-3-6/h1,4,6,8H,2-3,5,7H2. The van der Waals surface area contributed by atoms with E-state index in [0.717, 1.165) is 12.6 Å².